The van der Waals surface area contributed by atoms with Crippen LogP contribution in [0.25, 0.3) is 0 Å². The highest BCUT2D eigenvalue weighted by Gasteiger charge is 2.02. The number of benzene rings is 1. The predicted octanol–water partition coefficient (Wildman–Crippen LogP) is 3.92. The van der Waals surface area contributed by atoms with E-state index in [1.165, 1.54) is 14.8 Å². The van der Waals surface area contributed by atoms with Crippen molar-refractivity contribution < 1.29 is 0 Å². The SMILES string of the molecule is CNCc1cnc(CSc2cccc(Br)c2)s1. The normalized spacial score (nSPS) is 10.7. The summed E-state index contributed by atoms with van der Waals surface area (Å²) in [5, 5.41) is 4.32. The number of thiazole rings is 1. The number of hydrogen-bond acceptors (Lipinski definition) is 4. The van der Waals surface area contributed by atoms with Crippen molar-refractivity contribution in [1.82, 2.24) is 10.3 Å². The van der Waals surface area contributed by atoms with E-state index in [-0.39, 0.29) is 0 Å². The average Bonchev–Trinajstić information content (AvgIpc) is 2.75. The Bertz CT molecular complexity index is 485. The molecule has 17 heavy (non-hydrogen) atoms. The van der Waals surface area contributed by atoms with Gasteiger partial charge in [0.2, 0.25) is 0 Å². The molecule has 2 aromatic rings. The molecule has 0 radical (unpaired) electrons. The number of nitrogens with zero attached hydrogens (tertiary/aromatic N) is 1. The first kappa shape index (κ1) is 13.1. The largest absolute Gasteiger partial charge is 0.315 e. The van der Waals surface area contributed by atoms with Crippen molar-refractivity contribution in [2.24, 2.45) is 0 Å². The minimum atomic E-state index is 0.902. The van der Waals surface area contributed by atoms with Crippen molar-refractivity contribution in [3.05, 3.63) is 44.8 Å². The number of rotatable bonds is 5. The van der Waals surface area contributed by atoms with Crippen molar-refractivity contribution in [1.29, 1.82) is 0 Å². The van der Waals surface area contributed by atoms with Gasteiger partial charge in [-0.15, -0.1) is 23.1 Å². The van der Waals surface area contributed by atoms with Crippen molar-refractivity contribution >= 4 is 39.0 Å². The third kappa shape index (κ3) is 4.10. The van der Waals surface area contributed by atoms with Crippen molar-refractivity contribution in [2.75, 3.05) is 7.05 Å². The van der Waals surface area contributed by atoms with Gasteiger partial charge in [0, 0.05) is 27.0 Å². The number of hydrogen-bond donors (Lipinski definition) is 1. The molecule has 1 heterocycles. The van der Waals surface area contributed by atoms with Crippen LogP contribution in [0.4, 0.5) is 0 Å². The molecule has 5 heteroatoms. The lowest BCUT2D eigenvalue weighted by atomic mass is 10.4. The number of nitrogens with one attached hydrogen (secondary N) is 1. The zero-order valence-corrected chi connectivity index (χ0v) is 12.7. The second kappa shape index (κ2) is 6.54. The van der Waals surface area contributed by atoms with E-state index in [4.69, 9.17) is 0 Å². The second-order valence-electron chi connectivity index (χ2n) is 3.50. The lowest BCUT2D eigenvalue weighted by Crippen LogP contribution is -2.02. The van der Waals surface area contributed by atoms with Crippen molar-refractivity contribution in [2.45, 2.75) is 17.2 Å². The molecular weight excluding hydrogens is 316 g/mol. The van der Waals surface area contributed by atoms with E-state index in [9.17, 15) is 0 Å². The predicted molar refractivity (Wildman–Crippen MR) is 78.6 cm³/mol. The Hall–Kier alpha value is -0.360. The zero-order chi connectivity index (χ0) is 12.1. The van der Waals surface area contributed by atoms with Crippen molar-refractivity contribution in [3.8, 4) is 0 Å². The Kier molecular flexibility index (Phi) is 5.03. The van der Waals surface area contributed by atoms with Gasteiger partial charge >= 0.3 is 0 Å². The minimum Gasteiger partial charge on any atom is -0.315 e. The molecule has 2 nitrogen and oxygen atoms in total. The molecule has 0 aliphatic carbocycles. The first-order valence-corrected chi connectivity index (χ1v) is 7.84. The summed E-state index contributed by atoms with van der Waals surface area (Å²) in [5.41, 5.74) is 0. The summed E-state index contributed by atoms with van der Waals surface area (Å²) in [6, 6.07) is 8.35. The van der Waals surface area contributed by atoms with Crippen LogP contribution in [-0.2, 0) is 12.3 Å². The number of aromatic nitrogens is 1. The van der Waals surface area contributed by atoms with Crippen LogP contribution in [-0.4, -0.2) is 12.0 Å². The summed E-state index contributed by atoms with van der Waals surface area (Å²) >= 11 is 7.07. The van der Waals surface area contributed by atoms with Gasteiger partial charge in [-0.25, -0.2) is 4.98 Å². The van der Waals surface area contributed by atoms with E-state index < -0.39 is 0 Å². The molecule has 0 spiro atoms. The maximum absolute atomic E-state index is 4.42. The van der Waals surface area contributed by atoms with Crippen LogP contribution in [0.5, 0.6) is 0 Å². The van der Waals surface area contributed by atoms with Gasteiger partial charge in [0.1, 0.15) is 5.01 Å². The van der Waals surface area contributed by atoms with Crippen LogP contribution in [0.1, 0.15) is 9.88 Å². The quantitative estimate of drug-likeness (QED) is 0.842. The Morgan fingerprint density at radius 1 is 1.47 bits per heavy atom. The van der Waals surface area contributed by atoms with Gasteiger partial charge in [-0.05, 0) is 25.2 Å². The van der Waals surface area contributed by atoms with E-state index in [0.717, 1.165) is 16.8 Å². The number of halogens is 1. The van der Waals surface area contributed by atoms with E-state index in [2.05, 4.69) is 44.4 Å². The summed E-state index contributed by atoms with van der Waals surface area (Å²) in [7, 11) is 1.95. The molecule has 0 bridgehead atoms. The van der Waals surface area contributed by atoms with Gasteiger partial charge in [0.25, 0.3) is 0 Å². The Morgan fingerprint density at radius 2 is 2.35 bits per heavy atom. The van der Waals surface area contributed by atoms with Gasteiger partial charge in [-0.3, -0.25) is 0 Å². The van der Waals surface area contributed by atoms with Crippen LogP contribution in [0, 0.1) is 0 Å². The molecular formula is C12H13BrN2S2. The molecule has 0 atom stereocenters. The molecule has 0 amide bonds. The molecule has 1 N–H and O–H groups in total. The van der Waals surface area contributed by atoms with Gasteiger partial charge in [0.05, 0.1) is 5.75 Å². The highest BCUT2D eigenvalue weighted by Crippen LogP contribution is 2.27. The van der Waals surface area contributed by atoms with Gasteiger partial charge in [-0.2, -0.15) is 0 Å². The summed E-state index contributed by atoms with van der Waals surface area (Å²) < 4.78 is 1.12. The maximum Gasteiger partial charge on any atom is 0.103 e. The Balaban J connectivity index is 1.93. The van der Waals surface area contributed by atoms with E-state index in [1.807, 2.05) is 31.1 Å². The van der Waals surface area contributed by atoms with Gasteiger partial charge in [-0.1, -0.05) is 22.0 Å². The van der Waals surface area contributed by atoms with Crippen LogP contribution in [0.2, 0.25) is 0 Å². The zero-order valence-electron chi connectivity index (χ0n) is 9.44. The molecule has 0 fully saturated rings. The molecule has 0 aliphatic heterocycles. The Morgan fingerprint density at radius 3 is 3.12 bits per heavy atom. The molecule has 1 aromatic heterocycles. The Labute approximate surface area is 118 Å². The van der Waals surface area contributed by atoms with Gasteiger partial charge < -0.3 is 5.32 Å². The smallest absolute Gasteiger partial charge is 0.103 e. The highest BCUT2D eigenvalue weighted by molar-refractivity contribution is 9.10. The van der Waals surface area contributed by atoms with Crippen LogP contribution >= 0.6 is 39.0 Å². The van der Waals surface area contributed by atoms with E-state index in [0.29, 0.717) is 0 Å². The van der Waals surface area contributed by atoms with E-state index >= 15 is 0 Å². The van der Waals surface area contributed by atoms with Crippen molar-refractivity contribution in [3.63, 3.8) is 0 Å². The molecule has 90 valence electrons. The standard InChI is InChI=1S/C12H13BrN2S2/c1-14-6-11-7-15-12(17-11)8-16-10-4-2-3-9(13)5-10/h2-5,7,14H,6,8H2,1H3. The van der Waals surface area contributed by atoms with Crippen LogP contribution < -0.4 is 5.32 Å². The van der Waals surface area contributed by atoms with Gasteiger partial charge in [0.15, 0.2) is 0 Å². The maximum atomic E-state index is 4.42. The monoisotopic (exact) mass is 328 g/mol. The fourth-order valence-corrected chi connectivity index (χ4v) is 3.82. The summed E-state index contributed by atoms with van der Waals surface area (Å²) in [6.45, 7) is 0.902. The fraction of sp³-hybridized carbons (Fsp3) is 0.250. The molecule has 0 saturated heterocycles. The summed E-state index contributed by atoms with van der Waals surface area (Å²) in [4.78, 5) is 6.98. The molecule has 0 saturated carbocycles. The first-order valence-electron chi connectivity index (χ1n) is 5.24. The molecule has 1 aromatic carbocycles. The average molecular weight is 329 g/mol. The second-order valence-corrected chi connectivity index (χ2v) is 6.66. The first-order chi connectivity index (χ1) is 8.28. The summed E-state index contributed by atoms with van der Waals surface area (Å²) in [5.74, 6) is 0.935. The van der Waals surface area contributed by atoms with Crippen LogP contribution in [0.3, 0.4) is 0 Å². The lowest BCUT2D eigenvalue weighted by molar-refractivity contribution is 0.829. The topological polar surface area (TPSA) is 24.9 Å². The summed E-state index contributed by atoms with van der Waals surface area (Å²) in [6.07, 6.45) is 1.96. The molecule has 0 unspecified atom stereocenters. The van der Waals surface area contributed by atoms with Crippen LogP contribution in [0.15, 0.2) is 39.8 Å². The number of thioether (sulfide) groups is 1. The minimum absolute atomic E-state index is 0.902. The molecule has 0 aliphatic rings. The lowest BCUT2D eigenvalue weighted by Gasteiger charge is -1.99. The van der Waals surface area contributed by atoms with E-state index in [1.54, 1.807) is 11.3 Å². The third-order valence-electron chi connectivity index (χ3n) is 2.11. The fourth-order valence-electron chi connectivity index (χ4n) is 1.37. The highest BCUT2D eigenvalue weighted by atomic mass is 79.9. The third-order valence-corrected chi connectivity index (χ3v) is 4.79. The molecule has 2 rings (SSSR count).